The monoisotopic (exact) mass is 230 g/mol. The molecule has 1 aliphatic rings. The number of H-pyrrole nitrogens is 1. The van der Waals surface area contributed by atoms with Crippen LogP contribution in [0.5, 0.6) is 0 Å². The van der Waals surface area contributed by atoms with Crippen molar-refractivity contribution in [3.8, 4) is 0 Å². The second-order valence-corrected chi connectivity index (χ2v) is 4.34. The van der Waals surface area contributed by atoms with E-state index >= 15 is 0 Å². The molecule has 1 aliphatic heterocycles. The van der Waals surface area contributed by atoms with Gasteiger partial charge >= 0.3 is 0 Å². The Morgan fingerprint density at radius 1 is 1.41 bits per heavy atom. The van der Waals surface area contributed by atoms with Crippen LogP contribution in [-0.4, -0.2) is 25.5 Å². The maximum Gasteiger partial charge on any atom is 0.191 e. The van der Waals surface area contributed by atoms with Crippen molar-refractivity contribution in [3.05, 3.63) is 35.2 Å². The number of benzene rings is 1. The number of nitrogens with one attached hydrogen (secondary N) is 1. The zero-order valence-corrected chi connectivity index (χ0v) is 9.59. The van der Waals surface area contributed by atoms with Crippen molar-refractivity contribution < 1.29 is 0 Å². The number of nitrogen functional groups attached to an aromatic ring is 1. The van der Waals surface area contributed by atoms with Gasteiger partial charge in [0.2, 0.25) is 0 Å². The van der Waals surface area contributed by atoms with E-state index in [0.717, 1.165) is 24.6 Å². The molecular formula is C11H14N6. The summed E-state index contributed by atoms with van der Waals surface area (Å²) in [6.07, 6.45) is 0. The van der Waals surface area contributed by atoms with Gasteiger partial charge in [0.1, 0.15) is 0 Å². The van der Waals surface area contributed by atoms with Crippen molar-refractivity contribution in [2.75, 3.05) is 5.73 Å². The number of nitrogens with zero attached hydrogens (tertiary/aromatic N) is 4. The van der Waals surface area contributed by atoms with Crippen molar-refractivity contribution in [1.82, 2.24) is 25.5 Å². The molecule has 1 aromatic carbocycles. The van der Waals surface area contributed by atoms with E-state index in [1.165, 1.54) is 11.1 Å². The summed E-state index contributed by atoms with van der Waals surface area (Å²) in [5, 5.41) is 14.1. The quantitative estimate of drug-likeness (QED) is 0.747. The minimum atomic E-state index is 0.139. The number of anilines is 1. The summed E-state index contributed by atoms with van der Waals surface area (Å²) in [5.41, 5.74) is 9.36. The van der Waals surface area contributed by atoms with E-state index < -0.39 is 0 Å². The van der Waals surface area contributed by atoms with Crippen LogP contribution in [0, 0.1) is 0 Å². The number of rotatable bonds is 2. The van der Waals surface area contributed by atoms with Crippen LogP contribution in [0.15, 0.2) is 18.2 Å². The molecule has 0 saturated carbocycles. The Bertz CT molecular complexity index is 521. The van der Waals surface area contributed by atoms with Gasteiger partial charge in [0.15, 0.2) is 5.82 Å². The van der Waals surface area contributed by atoms with Crippen LogP contribution in [0.3, 0.4) is 0 Å². The highest BCUT2D eigenvalue weighted by Crippen LogP contribution is 2.32. The Hall–Kier alpha value is -1.95. The highest BCUT2D eigenvalue weighted by atomic mass is 15.5. The van der Waals surface area contributed by atoms with E-state index in [4.69, 9.17) is 5.73 Å². The highest BCUT2D eigenvalue weighted by molar-refractivity contribution is 5.52. The first-order chi connectivity index (χ1) is 8.25. The molecule has 1 unspecified atom stereocenters. The fraction of sp³-hybridized carbons (Fsp3) is 0.364. The van der Waals surface area contributed by atoms with Crippen LogP contribution in [0.1, 0.15) is 29.9 Å². The summed E-state index contributed by atoms with van der Waals surface area (Å²) in [6.45, 7) is 3.81. The second-order valence-electron chi connectivity index (χ2n) is 4.34. The molecule has 3 rings (SSSR count). The van der Waals surface area contributed by atoms with E-state index in [1.807, 2.05) is 12.1 Å². The van der Waals surface area contributed by atoms with Crippen LogP contribution < -0.4 is 5.73 Å². The molecule has 6 nitrogen and oxygen atoms in total. The molecule has 0 radical (unpaired) electrons. The molecule has 0 saturated heterocycles. The number of hydrogen-bond donors (Lipinski definition) is 2. The molecule has 2 heterocycles. The molecule has 0 amide bonds. The van der Waals surface area contributed by atoms with Gasteiger partial charge in [0.05, 0.1) is 6.04 Å². The molecule has 17 heavy (non-hydrogen) atoms. The molecule has 6 heteroatoms. The van der Waals surface area contributed by atoms with Gasteiger partial charge in [-0.25, -0.2) is 0 Å². The lowest BCUT2D eigenvalue weighted by Gasteiger charge is -2.20. The van der Waals surface area contributed by atoms with Crippen LogP contribution in [0.2, 0.25) is 0 Å². The topological polar surface area (TPSA) is 83.7 Å². The third-order valence-corrected chi connectivity index (χ3v) is 3.33. The standard InChI is InChI=1S/C11H14N6/c1-7(11-13-15-16-14-11)17-5-8-3-2-4-10(12)9(8)6-17/h2-4,7H,5-6,12H2,1H3,(H,13,14,15,16). The predicted molar refractivity (Wildman–Crippen MR) is 62.7 cm³/mol. The second kappa shape index (κ2) is 3.81. The lowest BCUT2D eigenvalue weighted by Crippen LogP contribution is -2.22. The Morgan fingerprint density at radius 2 is 2.29 bits per heavy atom. The molecule has 2 aromatic rings. The minimum absolute atomic E-state index is 0.139. The van der Waals surface area contributed by atoms with Crippen molar-refractivity contribution in [3.63, 3.8) is 0 Å². The third kappa shape index (κ3) is 1.66. The lowest BCUT2D eigenvalue weighted by atomic mass is 10.1. The van der Waals surface area contributed by atoms with E-state index in [2.05, 4.69) is 38.5 Å². The fourth-order valence-electron chi connectivity index (χ4n) is 2.26. The normalized spacial score (nSPS) is 17.0. The molecule has 1 aromatic heterocycles. The smallest absolute Gasteiger partial charge is 0.191 e. The Balaban J connectivity index is 1.85. The van der Waals surface area contributed by atoms with Gasteiger partial charge in [-0.3, -0.25) is 4.90 Å². The van der Waals surface area contributed by atoms with Crippen LogP contribution >= 0.6 is 0 Å². The van der Waals surface area contributed by atoms with Gasteiger partial charge in [-0.2, -0.15) is 5.21 Å². The number of hydrogen-bond acceptors (Lipinski definition) is 5. The van der Waals surface area contributed by atoms with Crippen molar-refractivity contribution in [2.24, 2.45) is 0 Å². The van der Waals surface area contributed by atoms with Crippen molar-refractivity contribution >= 4 is 5.69 Å². The minimum Gasteiger partial charge on any atom is -0.398 e. The molecule has 0 fully saturated rings. The fourth-order valence-corrected chi connectivity index (χ4v) is 2.26. The van der Waals surface area contributed by atoms with Gasteiger partial charge in [-0.15, -0.1) is 10.2 Å². The molecule has 1 atom stereocenters. The summed E-state index contributed by atoms with van der Waals surface area (Å²) >= 11 is 0. The molecule has 0 spiro atoms. The molecule has 3 N–H and O–H groups in total. The zero-order valence-electron chi connectivity index (χ0n) is 9.59. The summed E-state index contributed by atoms with van der Waals surface area (Å²) in [5.74, 6) is 0.719. The largest absolute Gasteiger partial charge is 0.398 e. The van der Waals surface area contributed by atoms with E-state index in [9.17, 15) is 0 Å². The van der Waals surface area contributed by atoms with Crippen molar-refractivity contribution in [1.29, 1.82) is 0 Å². The van der Waals surface area contributed by atoms with Gasteiger partial charge in [-0.05, 0) is 24.1 Å². The van der Waals surface area contributed by atoms with Crippen molar-refractivity contribution in [2.45, 2.75) is 26.1 Å². The van der Waals surface area contributed by atoms with E-state index in [0.29, 0.717) is 0 Å². The highest BCUT2D eigenvalue weighted by Gasteiger charge is 2.27. The van der Waals surface area contributed by atoms with Gasteiger partial charge in [-0.1, -0.05) is 17.3 Å². The maximum atomic E-state index is 5.98. The van der Waals surface area contributed by atoms with Crippen LogP contribution in [0.25, 0.3) is 0 Å². The summed E-state index contributed by atoms with van der Waals surface area (Å²) in [6, 6.07) is 6.20. The summed E-state index contributed by atoms with van der Waals surface area (Å²) < 4.78 is 0. The number of fused-ring (bicyclic) bond motifs is 1. The maximum absolute atomic E-state index is 5.98. The average molecular weight is 230 g/mol. The molecule has 0 aliphatic carbocycles. The predicted octanol–water partition coefficient (Wildman–Crippen LogP) is 0.859. The third-order valence-electron chi connectivity index (χ3n) is 3.33. The Labute approximate surface area is 98.8 Å². The Morgan fingerprint density at radius 3 is 3.00 bits per heavy atom. The van der Waals surface area contributed by atoms with Gasteiger partial charge in [0, 0.05) is 18.8 Å². The number of tetrazole rings is 1. The van der Waals surface area contributed by atoms with Crippen LogP contribution in [0.4, 0.5) is 5.69 Å². The van der Waals surface area contributed by atoms with Gasteiger partial charge < -0.3 is 5.73 Å². The number of aromatic amines is 1. The SMILES string of the molecule is CC(c1nn[nH]n1)N1Cc2cccc(N)c2C1. The first-order valence-corrected chi connectivity index (χ1v) is 5.59. The first kappa shape index (κ1) is 10.2. The Kier molecular flexibility index (Phi) is 2.29. The lowest BCUT2D eigenvalue weighted by molar-refractivity contribution is 0.207. The number of nitrogens with two attached hydrogens (primary N) is 1. The summed E-state index contributed by atoms with van der Waals surface area (Å²) in [4.78, 5) is 2.28. The van der Waals surface area contributed by atoms with E-state index in [1.54, 1.807) is 0 Å². The first-order valence-electron chi connectivity index (χ1n) is 5.59. The zero-order chi connectivity index (χ0) is 11.8. The van der Waals surface area contributed by atoms with Crippen LogP contribution in [-0.2, 0) is 13.1 Å². The molecular weight excluding hydrogens is 216 g/mol. The number of aromatic nitrogens is 4. The van der Waals surface area contributed by atoms with E-state index in [-0.39, 0.29) is 6.04 Å². The average Bonchev–Trinajstić information content (AvgIpc) is 2.98. The molecule has 88 valence electrons. The van der Waals surface area contributed by atoms with Gasteiger partial charge in [0.25, 0.3) is 0 Å². The summed E-state index contributed by atoms with van der Waals surface area (Å²) in [7, 11) is 0. The molecule has 0 bridgehead atoms.